The highest BCUT2D eigenvalue weighted by Crippen LogP contribution is 2.51. The van der Waals surface area contributed by atoms with E-state index in [4.69, 9.17) is 20.0 Å². The quantitative estimate of drug-likeness (QED) is 0.215. The van der Waals surface area contributed by atoms with E-state index in [2.05, 4.69) is 27.9 Å². The van der Waals surface area contributed by atoms with E-state index in [9.17, 15) is 4.57 Å². The van der Waals surface area contributed by atoms with Gasteiger partial charge in [-0.15, -0.1) is 0 Å². The SMILES string of the molecule is CC(C)OP(=O)(OC(C)C)C(C=NNC(N)=S)=NO. The number of rotatable bonds is 7. The topological polar surface area (TPSA) is 119 Å². The Balaban J connectivity index is 5.15. The fraction of sp³-hybridized carbons (Fsp3) is 0.667. The van der Waals surface area contributed by atoms with Crippen molar-refractivity contribution in [3.8, 4) is 0 Å². The largest absolute Gasteiger partial charge is 0.410 e. The van der Waals surface area contributed by atoms with Gasteiger partial charge in [-0.2, -0.15) is 5.10 Å². The molecule has 0 aliphatic carbocycles. The van der Waals surface area contributed by atoms with Gasteiger partial charge in [-0.25, -0.2) is 0 Å². The second-order valence-corrected chi connectivity index (χ2v) is 6.31. The number of thiocarbonyl (C=S) groups is 1. The lowest BCUT2D eigenvalue weighted by Gasteiger charge is -2.21. The molecule has 0 aliphatic rings. The maximum absolute atomic E-state index is 12.5. The lowest BCUT2D eigenvalue weighted by atomic mass is 10.5. The second-order valence-electron chi connectivity index (χ2n) is 4.00. The van der Waals surface area contributed by atoms with Gasteiger partial charge >= 0.3 is 7.60 Å². The first-order valence-electron chi connectivity index (χ1n) is 5.49. The van der Waals surface area contributed by atoms with E-state index in [1.54, 1.807) is 27.7 Å². The monoisotopic (exact) mass is 310 g/mol. The molecule has 19 heavy (non-hydrogen) atoms. The third kappa shape index (κ3) is 7.22. The van der Waals surface area contributed by atoms with Crippen molar-refractivity contribution in [3.63, 3.8) is 0 Å². The molecule has 0 heterocycles. The highest BCUT2D eigenvalue weighted by Gasteiger charge is 2.34. The van der Waals surface area contributed by atoms with Crippen LogP contribution in [-0.2, 0) is 13.6 Å². The summed E-state index contributed by atoms with van der Waals surface area (Å²) in [6.07, 6.45) is 0.196. The smallest absolute Gasteiger partial charge is 0.385 e. The Bertz CT molecular complexity index is 397. The molecule has 0 aromatic carbocycles. The Morgan fingerprint density at radius 3 is 2.16 bits per heavy atom. The predicted octanol–water partition coefficient (Wildman–Crippen LogP) is 1.64. The zero-order chi connectivity index (χ0) is 15.1. The van der Waals surface area contributed by atoms with Gasteiger partial charge in [-0.1, -0.05) is 5.16 Å². The van der Waals surface area contributed by atoms with E-state index in [1.807, 2.05) is 0 Å². The van der Waals surface area contributed by atoms with Crippen molar-refractivity contribution >= 4 is 36.6 Å². The standard InChI is InChI=1S/C9H19N4O4PS/c1-6(2)16-18(15,17-7(3)4)8(13-14)5-11-12-9(10)19/h5-7,14H,1-4H3,(H3,10,12,19). The zero-order valence-electron chi connectivity index (χ0n) is 11.2. The molecule has 0 unspecified atom stereocenters. The van der Waals surface area contributed by atoms with Crippen LogP contribution in [0.25, 0.3) is 0 Å². The fourth-order valence-corrected chi connectivity index (χ4v) is 2.73. The van der Waals surface area contributed by atoms with E-state index in [-0.39, 0.29) is 10.6 Å². The molecule has 0 amide bonds. The van der Waals surface area contributed by atoms with Crippen molar-refractivity contribution in [2.24, 2.45) is 16.0 Å². The van der Waals surface area contributed by atoms with Gasteiger partial charge in [0.05, 0.1) is 18.4 Å². The molecule has 0 saturated carbocycles. The van der Waals surface area contributed by atoms with Crippen molar-refractivity contribution in [1.82, 2.24) is 5.43 Å². The Morgan fingerprint density at radius 1 is 1.37 bits per heavy atom. The van der Waals surface area contributed by atoms with Crippen molar-refractivity contribution < 1.29 is 18.8 Å². The molecule has 0 atom stereocenters. The molecule has 0 bridgehead atoms. The third-order valence-corrected chi connectivity index (χ3v) is 3.69. The van der Waals surface area contributed by atoms with Crippen LogP contribution >= 0.6 is 19.8 Å². The van der Waals surface area contributed by atoms with Crippen LogP contribution in [-0.4, -0.2) is 34.2 Å². The first-order chi connectivity index (χ1) is 8.71. The summed E-state index contributed by atoms with van der Waals surface area (Å²) < 4.78 is 23.0. The number of nitrogens with two attached hydrogens (primary N) is 1. The maximum atomic E-state index is 12.5. The number of hydrogen-bond donors (Lipinski definition) is 3. The van der Waals surface area contributed by atoms with Crippen LogP contribution in [0.15, 0.2) is 10.3 Å². The summed E-state index contributed by atoms with van der Waals surface area (Å²) in [7, 11) is -3.78. The van der Waals surface area contributed by atoms with Gasteiger partial charge in [0, 0.05) is 0 Å². The predicted molar refractivity (Wildman–Crippen MR) is 77.7 cm³/mol. The minimum absolute atomic E-state index is 0.0853. The Kier molecular flexibility index (Phi) is 7.77. The van der Waals surface area contributed by atoms with E-state index in [1.165, 1.54) is 0 Å². The molecule has 0 aromatic rings. The fourth-order valence-electron chi connectivity index (χ4n) is 0.993. The molecule has 0 aliphatic heterocycles. The van der Waals surface area contributed by atoms with E-state index in [0.29, 0.717) is 0 Å². The Morgan fingerprint density at radius 2 is 1.84 bits per heavy atom. The van der Waals surface area contributed by atoms with Crippen LogP contribution in [0, 0.1) is 0 Å². The molecule has 0 aromatic heterocycles. The molecule has 8 nitrogen and oxygen atoms in total. The van der Waals surface area contributed by atoms with Crippen molar-refractivity contribution in [3.05, 3.63) is 0 Å². The lowest BCUT2D eigenvalue weighted by Crippen LogP contribution is -2.25. The van der Waals surface area contributed by atoms with Crippen molar-refractivity contribution in [2.75, 3.05) is 0 Å². The molecule has 0 fully saturated rings. The lowest BCUT2D eigenvalue weighted by molar-refractivity contribution is 0.152. The van der Waals surface area contributed by atoms with Crippen LogP contribution in [0.2, 0.25) is 0 Å². The van der Waals surface area contributed by atoms with Gasteiger partial charge in [0.2, 0.25) is 5.45 Å². The van der Waals surface area contributed by atoms with Crippen molar-refractivity contribution in [1.29, 1.82) is 0 Å². The van der Waals surface area contributed by atoms with Crippen LogP contribution < -0.4 is 11.2 Å². The van der Waals surface area contributed by atoms with E-state index in [0.717, 1.165) is 6.21 Å². The number of nitrogens with one attached hydrogen (secondary N) is 1. The number of hydrogen-bond acceptors (Lipinski definition) is 7. The average molecular weight is 310 g/mol. The van der Waals surface area contributed by atoms with E-state index < -0.39 is 19.8 Å². The normalized spacial score (nSPS) is 13.5. The highest BCUT2D eigenvalue weighted by molar-refractivity contribution is 7.80. The van der Waals surface area contributed by atoms with Gasteiger partial charge in [-0.05, 0) is 39.9 Å². The number of hydrazone groups is 1. The molecule has 0 saturated heterocycles. The summed E-state index contributed by atoms with van der Waals surface area (Å²) in [5, 5.41) is 15.3. The van der Waals surface area contributed by atoms with Crippen LogP contribution in [0.5, 0.6) is 0 Å². The molecule has 110 valence electrons. The van der Waals surface area contributed by atoms with E-state index >= 15 is 0 Å². The number of nitrogens with zero attached hydrogens (tertiary/aromatic N) is 2. The molecule has 4 N–H and O–H groups in total. The van der Waals surface area contributed by atoms with Crippen molar-refractivity contribution in [2.45, 2.75) is 39.9 Å². The van der Waals surface area contributed by atoms with Gasteiger partial charge < -0.3 is 20.0 Å². The Hall–Kier alpha value is -1.02. The zero-order valence-corrected chi connectivity index (χ0v) is 12.9. The minimum atomic E-state index is -3.78. The molecule has 0 spiro atoms. The molecular formula is C9H19N4O4PS. The van der Waals surface area contributed by atoms with Crippen LogP contribution in [0.4, 0.5) is 0 Å². The summed E-state index contributed by atoms with van der Waals surface area (Å²) in [6.45, 7) is 6.71. The molecule has 0 rings (SSSR count). The molecule has 10 heteroatoms. The number of oxime groups is 1. The highest BCUT2D eigenvalue weighted by atomic mass is 32.1. The first-order valence-corrected chi connectivity index (χ1v) is 7.44. The van der Waals surface area contributed by atoms with Crippen LogP contribution in [0.3, 0.4) is 0 Å². The average Bonchev–Trinajstić information content (AvgIpc) is 2.21. The summed E-state index contributed by atoms with van der Waals surface area (Å²) in [4.78, 5) is 0. The van der Waals surface area contributed by atoms with Gasteiger partial charge in [0.25, 0.3) is 0 Å². The summed E-state index contributed by atoms with van der Waals surface area (Å²) in [5.74, 6) is 0. The molecular weight excluding hydrogens is 291 g/mol. The summed E-state index contributed by atoms with van der Waals surface area (Å²) >= 11 is 4.54. The van der Waals surface area contributed by atoms with Gasteiger partial charge in [-0.3, -0.25) is 9.99 Å². The Labute approximate surface area is 117 Å². The summed E-state index contributed by atoms with van der Waals surface area (Å²) in [5.41, 5.74) is 7.06. The second kappa shape index (κ2) is 8.21. The first kappa shape index (κ1) is 18.0. The summed E-state index contributed by atoms with van der Waals surface area (Å²) in [6, 6.07) is 0. The molecule has 0 radical (unpaired) electrons. The van der Waals surface area contributed by atoms with Gasteiger partial charge in [0.1, 0.15) is 0 Å². The minimum Gasteiger partial charge on any atom is -0.410 e. The van der Waals surface area contributed by atoms with Gasteiger partial charge in [0.15, 0.2) is 5.11 Å². The maximum Gasteiger partial charge on any atom is 0.385 e. The van der Waals surface area contributed by atoms with Crippen LogP contribution in [0.1, 0.15) is 27.7 Å². The third-order valence-electron chi connectivity index (χ3n) is 1.44.